The van der Waals surface area contributed by atoms with Crippen LogP contribution in [-0.4, -0.2) is 98.3 Å². The van der Waals surface area contributed by atoms with Crippen LogP contribution in [0.2, 0.25) is 0 Å². The minimum atomic E-state index is -5.10. The highest BCUT2D eigenvalue weighted by Crippen LogP contribution is 2.47. The molecule has 0 saturated heterocycles. The number of carbonyl (C=O) groups excluding carboxylic acids is 2. The van der Waals surface area contributed by atoms with E-state index in [0.29, 0.717) is 12.8 Å². The Kier molecular flexibility index (Phi) is 26.2. The monoisotopic (exact) mass is 738 g/mol. The molecule has 0 bridgehead atoms. The highest BCUT2D eigenvalue weighted by molar-refractivity contribution is 7.47. The molecule has 0 aromatic rings. The van der Waals surface area contributed by atoms with Crippen LogP contribution in [0, 0.1) is 0 Å². The lowest BCUT2D eigenvalue weighted by molar-refractivity contribution is -0.220. The molecule has 14 heteroatoms. The maximum absolute atomic E-state index is 12.7. The van der Waals surface area contributed by atoms with Crippen LogP contribution in [0.15, 0.2) is 12.2 Å². The van der Waals surface area contributed by atoms with Gasteiger partial charge in [0.1, 0.15) is 43.2 Å². The zero-order valence-corrected chi connectivity index (χ0v) is 31.3. The van der Waals surface area contributed by atoms with Gasteiger partial charge in [0, 0.05) is 12.8 Å². The summed E-state index contributed by atoms with van der Waals surface area (Å²) in [5, 5.41) is 49.8. The summed E-state index contributed by atoms with van der Waals surface area (Å²) in [6, 6.07) is 0. The van der Waals surface area contributed by atoms with E-state index in [2.05, 4.69) is 26.0 Å². The second-order valence-electron chi connectivity index (χ2n) is 13.4. The van der Waals surface area contributed by atoms with Gasteiger partial charge in [-0.05, 0) is 32.1 Å². The lowest BCUT2D eigenvalue weighted by atomic mass is 9.85. The van der Waals surface area contributed by atoms with E-state index in [1.807, 2.05) is 0 Å². The third-order valence-electron chi connectivity index (χ3n) is 8.86. The molecule has 6 N–H and O–H groups in total. The molecule has 0 aromatic carbocycles. The first-order chi connectivity index (χ1) is 23.9. The fourth-order valence-electron chi connectivity index (χ4n) is 5.68. The maximum atomic E-state index is 12.7. The van der Waals surface area contributed by atoms with E-state index in [4.69, 9.17) is 18.5 Å². The molecule has 1 aliphatic rings. The van der Waals surface area contributed by atoms with Crippen molar-refractivity contribution in [1.82, 2.24) is 0 Å². The van der Waals surface area contributed by atoms with Crippen LogP contribution in [0.4, 0.5) is 0 Å². The van der Waals surface area contributed by atoms with Gasteiger partial charge in [-0.2, -0.15) is 0 Å². The van der Waals surface area contributed by atoms with Gasteiger partial charge in [0.05, 0.1) is 6.61 Å². The Morgan fingerprint density at radius 3 is 1.58 bits per heavy atom. The van der Waals surface area contributed by atoms with Gasteiger partial charge in [0.15, 0.2) is 6.10 Å². The van der Waals surface area contributed by atoms with Gasteiger partial charge in [-0.25, -0.2) is 4.57 Å². The maximum Gasteiger partial charge on any atom is 0.472 e. The Balaban J connectivity index is 2.56. The fraction of sp³-hybridized carbons (Fsp3) is 0.889. The second-order valence-corrected chi connectivity index (χ2v) is 14.8. The summed E-state index contributed by atoms with van der Waals surface area (Å²) in [5.41, 5.74) is 0. The number of phosphoric ester groups is 1. The van der Waals surface area contributed by atoms with Gasteiger partial charge in [0.25, 0.3) is 0 Å². The van der Waals surface area contributed by atoms with Crippen molar-refractivity contribution >= 4 is 19.8 Å². The molecular formula is C36H67O13P. The first-order valence-electron chi connectivity index (χ1n) is 19.0. The van der Waals surface area contributed by atoms with Gasteiger partial charge in [-0.1, -0.05) is 116 Å². The van der Waals surface area contributed by atoms with E-state index < -0.39 is 75.7 Å². The van der Waals surface area contributed by atoms with Crippen LogP contribution in [0.5, 0.6) is 0 Å². The van der Waals surface area contributed by atoms with Crippen LogP contribution in [0.3, 0.4) is 0 Å². The molecule has 0 aromatic heterocycles. The minimum absolute atomic E-state index is 0.0985. The molecule has 6 unspecified atom stereocenters. The Hall–Kier alpha value is -1.41. The number of esters is 2. The molecule has 0 radical (unpaired) electrons. The van der Waals surface area contributed by atoms with Crippen LogP contribution in [0.25, 0.3) is 0 Å². The molecule has 1 saturated carbocycles. The Bertz CT molecular complexity index is 948. The molecule has 294 valence electrons. The van der Waals surface area contributed by atoms with E-state index in [1.54, 1.807) is 0 Å². The number of carbonyl (C=O) groups is 2. The average molecular weight is 739 g/mol. The summed E-state index contributed by atoms with van der Waals surface area (Å²) in [5.74, 6) is -1.11. The SMILES string of the molecule is CCCC/C=C/CCCCCCCC(=O)OC[C@H](COP(=O)(O)OC1C(O)C(O)C(O)[C@@H](O)C1O)OC(=O)CCCCCCCCCCCC. The highest BCUT2D eigenvalue weighted by Gasteiger charge is 2.51. The largest absolute Gasteiger partial charge is 0.472 e. The van der Waals surface area contributed by atoms with Crippen molar-refractivity contribution in [1.29, 1.82) is 0 Å². The molecule has 0 spiro atoms. The standard InChI is InChI=1S/C36H67O13P/c1-3-5-7-9-11-13-15-17-18-20-22-24-29(37)46-26-28(48-30(38)25-23-21-19-16-14-12-10-8-6-4-2)27-47-50(44,45)49-36-34(42)32(40)31(39)33(41)35(36)43/h9,11,28,31-36,39-43H,3-8,10,12-27H2,1-2H3,(H,44,45)/b11-9+/t28-,31?,32-,33?,34?,35?,36?/m1/s1. The van der Waals surface area contributed by atoms with Gasteiger partial charge in [-0.15, -0.1) is 0 Å². The number of unbranched alkanes of at least 4 members (excludes halogenated alkanes) is 16. The van der Waals surface area contributed by atoms with E-state index in [-0.39, 0.29) is 12.8 Å². The molecule has 1 aliphatic carbocycles. The average Bonchev–Trinajstić information content (AvgIpc) is 3.09. The number of ether oxygens (including phenoxy) is 2. The number of phosphoric acid groups is 1. The van der Waals surface area contributed by atoms with Gasteiger partial charge in [-0.3, -0.25) is 18.6 Å². The zero-order valence-electron chi connectivity index (χ0n) is 30.4. The van der Waals surface area contributed by atoms with Crippen molar-refractivity contribution < 1.29 is 63.1 Å². The van der Waals surface area contributed by atoms with Gasteiger partial charge < -0.3 is 39.9 Å². The molecule has 8 atom stereocenters. The first kappa shape index (κ1) is 46.6. The van der Waals surface area contributed by atoms with Crippen molar-refractivity contribution in [2.75, 3.05) is 13.2 Å². The molecule has 13 nitrogen and oxygen atoms in total. The summed E-state index contributed by atoms with van der Waals surface area (Å²) in [4.78, 5) is 35.3. The summed E-state index contributed by atoms with van der Waals surface area (Å²) in [6.07, 6.45) is 11.6. The summed E-state index contributed by atoms with van der Waals surface area (Å²) in [6.45, 7) is 3.19. The van der Waals surface area contributed by atoms with Crippen molar-refractivity contribution in [3.63, 3.8) is 0 Å². The Morgan fingerprint density at radius 1 is 0.600 bits per heavy atom. The van der Waals surface area contributed by atoms with Crippen molar-refractivity contribution in [3.05, 3.63) is 12.2 Å². The van der Waals surface area contributed by atoms with E-state index in [0.717, 1.165) is 64.2 Å². The first-order valence-corrected chi connectivity index (χ1v) is 20.5. The smallest absolute Gasteiger partial charge is 0.462 e. The number of rotatable bonds is 30. The predicted molar refractivity (Wildman–Crippen MR) is 189 cm³/mol. The molecule has 1 rings (SSSR count). The fourth-order valence-corrected chi connectivity index (χ4v) is 6.65. The summed E-state index contributed by atoms with van der Waals surface area (Å²) in [7, 11) is -5.10. The van der Waals surface area contributed by atoms with Crippen LogP contribution >= 0.6 is 7.82 Å². The number of aliphatic hydroxyl groups excluding tert-OH is 5. The quantitative estimate of drug-likeness (QED) is 0.0231. The van der Waals surface area contributed by atoms with Crippen molar-refractivity contribution in [2.24, 2.45) is 0 Å². The lowest BCUT2D eigenvalue weighted by Crippen LogP contribution is -2.64. The van der Waals surface area contributed by atoms with E-state index in [9.17, 15) is 44.6 Å². The second kappa shape index (κ2) is 28.1. The molecule has 0 heterocycles. The van der Waals surface area contributed by atoms with Crippen LogP contribution < -0.4 is 0 Å². The van der Waals surface area contributed by atoms with Crippen molar-refractivity contribution in [2.45, 2.75) is 191 Å². The summed E-state index contributed by atoms with van der Waals surface area (Å²) < 4.78 is 33.2. The third-order valence-corrected chi connectivity index (χ3v) is 9.84. The molecule has 1 fully saturated rings. The topological polar surface area (TPSA) is 210 Å². The van der Waals surface area contributed by atoms with E-state index in [1.165, 1.54) is 44.9 Å². The normalized spacial score (nSPS) is 24.2. The van der Waals surface area contributed by atoms with Crippen LogP contribution in [0.1, 0.15) is 149 Å². The number of aliphatic hydroxyl groups is 5. The van der Waals surface area contributed by atoms with Crippen LogP contribution in [-0.2, 0) is 32.7 Å². The lowest BCUT2D eigenvalue weighted by Gasteiger charge is -2.41. The number of hydrogen-bond acceptors (Lipinski definition) is 12. The molecule has 0 amide bonds. The number of hydrogen-bond donors (Lipinski definition) is 6. The predicted octanol–water partition coefficient (Wildman–Crippen LogP) is 5.55. The summed E-state index contributed by atoms with van der Waals surface area (Å²) >= 11 is 0. The Morgan fingerprint density at radius 2 is 1.04 bits per heavy atom. The van der Waals surface area contributed by atoms with Crippen molar-refractivity contribution in [3.8, 4) is 0 Å². The highest BCUT2D eigenvalue weighted by atomic mass is 31.2. The van der Waals surface area contributed by atoms with E-state index >= 15 is 0 Å². The zero-order chi connectivity index (χ0) is 37.2. The minimum Gasteiger partial charge on any atom is -0.462 e. The van der Waals surface area contributed by atoms with Gasteiger partial charge in [0.2, 0.25) is 0 Å². The Labute approximate surface area is 299 Å². The third kappa shape index (κ3) is 21.2. The van der Waals surface area contributed by atoms with Gasteiger partial charge >= 0.3 is 19.8 Å². The number of allylic oxidation sites excluding steroid dienone is 2. The molecular weight excluding hydrogens is 671 g/mol. The molecule has 50 heavy (non-hydrogen) atoms. The molecule has 0 aliphatic heterocycles.